The molecule has 0 radical (unpaired) electrons. The van der Waals surface area contributed by atoms with Gasteiger partial charge in [0, 0.05) is 10.9 Å². The fraction of sp³-hybridized carbons (Fsp3) is 0.182. The first-order chi connectivity index (χ1) is 7.24. The summed E-state index contributed by atoms with van der Waals surface area (Å²) in [5.74, 6) is -0.273. The van der Waals surface area contributed by atoms with E-state index in [1.165, 1.54) is 0 Å². The van der Waals surface area contributed by atoms with Gasteiger partial charge in [0.05, 0.1) is 0 Å². The Bertz CT molecular complexity index is 504. The number of hydrogen-bond acceptors (Lipinski definition) is 2. The average Bonchev–Trinajstić information content (AvgIpc) is 2.58. The summed E-state index contributed by atoms with van der Waals surface area (Å²) in [6.45, 7) is 0. The van der Waals surface area contributed by atoms with Gasteiger partial charge in [-0.25, -0.2) is 4.79 Å². The van der Waals surface area contributed by atoms with Crippen LogP contribution in [0.25, 0.3) is 10.9 Å². The number of rotatable bonds is 3. The zero-order valence-corrected chi connectivity index (χ0v) is 8.92. The van der Waals surface area contributed by atoms with E-state index in [-0.39, 0.29) is 5.69 Å². The number of aromatic carboxylic acids is 1. The normalized spacial score (nSPS) is 10.7. The lowest BCUT2D eigenvalue weighted by molar-refractivity contribution is 0.0690. The molecule has 0 bridgehead atoms. The van der Waals surface area contributed by atoms with Crippen molar-refractivity contribution >= 4 is 29.5 Å². The van der Waals surface area contributed by atoms with Crippen LogP contribution in [0.1, 0.15) is 16.1 Å². The molecule has 3 nitrogen and oxygen atoms in total. The first-order valence-electron chi connectivity index (χ1n) is 4.67. The smallest absolute Gasteiger partial charge is 0.352 e. The summed E-state index contributed by atoms with van der Waals surface area (Å²) < 4.78 is 0. The highest BCUT2D eigenvalue weighted by Gasteiger charge is 2.15. The van der Waals surface area contributed by atoms with Gasteiger partial charge < -0.3 is 10.1 Å². The molecule has 2 N–H and O–H groups in total. The maximum Gasteiger partial charge on any atom is 0.352 e. The number of para-hydroxylation sites is 1. The lowest BCUT2D eigenvalue weighted by Crippen LogP contribution is -2.01. The monoisotopic (exact) mass is 221 g/mol. The Morgan fingerprint density at radius 3 is 2.80 bits per heavy atom. The van der Waals surface area contributed by atoms with Crippen molar-refractivity contribution in [1.82, 2.24) is 4.98 Å². The van der Waals surface area contributed by atoms with Crippen LogP contribution >= 0.6 is 12.6 Å². The minimum Gasteiger partial charge on any atom is -0.477 e. The maximum absolute atomic E-state index is 11.0. The standard InChI is InChI=1S/C11H11NO2S/c13-11(14)10-8(5-6-15)7-3-1-2-4-9(7)12-10/h1-4,12,15H,5-6H2,(H,13,14). The molecular weight excluding hydrogens is 210 g/mol. The van der Waals surface area contributed by atoms with E-state index in [9.17, 15) is 4.79 Å². The van der Waals surface area contributed by atoms with Crippen LogP contribution in [-0.2, 0) is 6.42 Å². The Labute approximate surface area is 92.5 Å². The molecule has 2 rings (SSSR count). The molecule has 1 aromatic carbocycles. The number of fused-ring (bicyclic) bond motifs is 1. The van der Waals surface area contributed by atoms with Crippen molar-refractivity contribution in [2.24, 2.45) is 0 Å². The third-order valence-electron chi connectivity index (χ3n) is 2.39. The number of aromatic nitrogens is 1. The molecule has 0 amide bonds. The second-order valence-electron chi connectivity index (χ2n) is 3.30. The van der Waals surface area contributed by atoms with Crippen molar-refractivity contribution in [2.45, 2.75) is 6.42 Å². The third-order valence-corrected chi connectivity index (χ3v) is 2.61. The van der Waals surface area contributed by atoms with Gasteiger partial charge in [-0.2, -0.15) is 12.6 Å². The van der Waals surface area contributed by atoms with E-state index in [2.05, 4.69) is 17.6 Å². The summed E-state index contributed by atoms with van der Waals surface area (Å²) in [4.78, 5) is 13.9. The summed E-state index contributed by atoms with van der Waals surface area (Å²) in [7, 11) is 0. The van der Waals surface area contributed by atoms with E-state index in [1.54, 1.807) is 0 Å². The molecule has 0 saturated carbocycles. The molecule has 0 saturated heterocycles. The number of benzene rings is 1. The number of thiol groups is 1. The molecule has 0 spiro atoms. The average molecular weight is 221 g/mol. The van der Waals surface area contributed by atoms with Crippen LogP contribution in [0.15, 0.2) is 24.3 Å². The Hall–Kier alpha value is -1.42. The van der Waals surface area contributed by atoms with Gasteiger partial charge in [0.1, 0.15) is 5.69 Å². The molecule has 0 aliphatic carbocycles. The van der Waals surface area contributed by atoms with E-state index in [0.29, 0.717) is 12.2 Å². The van der Waals surface area contributed by atoms with Crippen LogP contribution in [0, 0.1) is 0 Å². The van der Waals surface area contributed by atoms with Gasteiger partial charge in [0.15, 0.2) is 0 Å². The molecule has 1 heterocycles. The Morgan fingerprint density at radius 2 is 2.13 bits per heavy atom. The number of carbonyl (C=O) groups is 1. The zero-order valence-electron chi connectivity index (χ0n) is 8.03. The Kier molecular flexibility index (Phi) is 2.68. The number of H-pyrrole nitrogens is 1. The first-order valence-corrected chi connectivity index (χ1v) is 5.31. The topological polar surface area (TPSA) is 53.1 Å². The zero-order chi connectivity index (χ0) is 10.8. The predicted octanol–water partition coefficient (Wildman–Crippen LogP) is 2.34. The van der Waals surface area contributed by atoms with Gasteiger partial charge in [-0.15, -0.1) is 0 Å². The highest BCUT2D eigenvalue weighted by Crippen LogP contribution is 2.23. The Morgan fingerprint density at radius 1 is 1.40 bits per heavy atom. The number of aryl methyl sites for hydroxylation is 1. The maximum atomic E-state index is 11.0. The van der Waals surface area contributed by atoms with Crippen molar-refractivity contribution < 1.29 is 9.90 Å². The van der Waals surface area contributed by atoms with Crippen molar-refractivity contribution in [3.63, 3.8) is 0 Å². The van der Waals surface area contributed by atoms with Gasteiger partial charge in [-0.3, -0.25) is 0 Å². The van der Waals surface area contributed by atoms with E-state index < -0.39 is 5.97 Å². The van der Waals surface area contributed by atoms with E-state index >= 15 is 0 Å². The summed E-state index contributed by atoms with van der Waals surface area (Å²) in [5.41, 5.74) is 1.99. The largest absolute Gasteiger partial charge is 0.477 e. The Balaban J connectivity index is 2.68. The summed E-state index contributed by atoms with van der Waals surface area (Å²) in [5, 5.41) is 10.0. The summed E-state index contributed by atoms with van der Waals surface area (Å²) >= 11 is 4.14. The van der Waals surface area contributed by atoms with Crippen LogP contribution in [0.3, 0.4) is 0 Å². The summed E-state index contributed by atoms with van der Waals surface area (Å²) in [6, 6.07) is 7.60. The third kappa shape index (κ3) is 1.72. The number of nitrogens with one attached hydrogen (secondary N) is 1. The van der Waals surface area contributed by atoms with Gasteiger partial charge in [0.25, 0.3) is 0 Å². The molecular formula is C11H11NO2S. The van der Waals surface area contributed by atoms with Crippen molar-refractivity contribution in [2.75, 3.05) is 5.75 Å². The second kappa shape index (κ2) is 3.98. The van der Waals surface area contributed by atoms with E-state index in [0.717, 1.165) is 16.5 Å². The minimum absolute atomic E-state index is 0.283. The molecule has 15 heavy (non-hydrogen) atoms. The first kappa shape index (κ1) is 10.1. The van der Waals surface area contributed by atoms with Crippen LogP contribution in [0.5, 0.6) is 0 Å². The molecule has 2 aromatic rings. The fourth-order valence-electron chi connectivity index (χ4n) is 1.75. The molecule has 1 aromatic heterocycles. The van der Waals surface area contributed by atoms with Crippen LogP contribution in [0.2, 0.25) is 0 Å². The molecule has 4 heteroatoms. The minimum atomic E-state index is -0.914. The molecule has 0 aliphatic heterocycles. The number of carboxylic acids is 1. The van der Waals surface area contributed by atoms with Crippen LogP contribution in [0.4, 0.5) is 0 Å². The lowest BCUT2D eigenvalue weighted by atomic mass is 10.1. The number of hydrogen-bond donors (Lipinski definition) is 3. The van der Waals surface area contributed by atoms with Crippen molar-refractivity contribution in [1.29, 1.82) is 0 Å². The van der Waals surface area contributed by atoms with Crippen molar-refractivity contribution in [3.05, 3.63) is 35.5 Å². The van der Waals surface area contributed by atoms with E-state index in [4.69, 9.17) is 5.11 Å². The van der Waals surface area contributed by atoms with Gasteiger partial charge in [-0.05, 0) is 23.8 Å². The molecule has 78 valence electrons. The van der Waals surface area contributed by atoms with Crippen LogP contribution < -0.4 is 0 Å². The van der Waals surface area contributed by atoms with Gasteiger partial charge >= 0.3 is 5.97 Å². The molecule has 0 aliphatic rings. The van der Waals surface area contributed by atoms with E-state index in [1.807, 2.05) is 24.3 Å². The van der Waals surface area contributed by atoms with Crippen LogP contribution in [-0.4, -0.2) is 21.8 Å². The second-order valence-corrected chi connectivity index (χ2v) is 3.75. The molecule has 0 unspecified atom stereocenters. The number of carboxylic acid groups (broad SMARTS) is 1. The van der Waals surface area contributed by atoms with Gasteiger partial charge in [0.2, 0.25) is 0 Å². The SMILES string of the molecule is O=C(O)c1[nH]c2ccccc2c1CCS. The quantitative estimate of drug-likeness (QED) is 0.697. The highest BCUT2D eigenvalue weighted by molar-refractivity contribution is 7.80. The lowest BCUT2D eigenvalue weighted by Gasteiger charge is -1.97. The molecule has 0 atom stereocenters. The highest BCUT2D eigenvalue weighted by atomic mass is 32.1. The predicted molar refractivity (Wildman–Crippen MR) is 62.8 cm³/mol. The summed E-state index contributed by atoms with van der Waals surface area (Å²) in [6.07, 6.45) is 0.661. The van der Waals surface area contributed by atoms with Crippen molar-refractivity contribution in [3.8, 4) is 0 Å². The molecule has 0 fully saturated rings. The van der Waals surface area contributed by atoms with Gasteiger partial charge in [-0.1, -0.05) is 18.2 Å². The number of aromatic amines is 1. The fourth-order valence-corrected chi connectivity index (χ4v) is 1.98.